The van der Waals surface area contributed by atoms with Crippen molar-refractivity contribution < 1.29 is 13.9 Å². The second kappa shape index (κ2) is 7.09. The molecule has 2 N–H and O–H groups in total. The van der Waals surface area contributed by atoms with Crippen LogP contribution in [0.15, 0.2) is 18.2 Å². The Morgan fingerprint density at radius 2 is 1.86 bits per heavy atom. The minimum atomic E-state index is -0.521. The predicted molar refractivity (Wildman–Crippen MR) is 86.3 cm³/mol. The largest absolute Gasteiger partial charge is 0.444 e. The van der Waals surface area contributed by atoms with Crippen LogP contribution in [0.25, 0.3) is 0 Å². The second-order valence-corrected chi connectivity index (χ2v) is 7.20. The molecule has 1 amide bonds. The van der Waals surface area contributed by atoms with Gasteiger partial charge in [0.15, 0.2) is 0 Å². The number of aryl methyl sites for hydroxylation is 1. The van der Waals surface area contributed by atoms with Gasteiger partial charge in [-0.25, -0.2) is 9.18 Å². The fraction of sp³-hybridized carbons (Fsp3) is 0.588. The average Bonchev–Trinajstić information content (AvgIpc) is 2.30. The molecule has 0 saturated carbocycles. The number of hydrogen-bond acceptors (Lipinski definition) is 3. The molecule has 0 saturated heterocycles. The summed E-state index contributed by atoms with van der Waals surface area (Å²) in [5, 5.41) is 6.04. The molecule has 0 aliphatic rings. The van der Waals surface area contributed by atoms with Crippen LogP contribution in [0.5, 0.6) is 0 Å². The molecular formula is C17H27FN2O2. The Labute approximate surface area is 132 Å². The molecule has 0 spiro atoms. The first-order valence-electron chi connectivity index (χ1n) is 7.45. The molecule has 4 nitrogen and oxygen atoms in total. The molecule has 0 atom stereocenters. The monoisotopic (exact) mass is 310 g/mol. The molecule has 1 rings (SSSR count). The Bertz CT molecular complexity index is 522. The highest BCUT2D eigenvalue weighted by Crippen LogP contribution is 2.11. The quantitative estimate of drug-likeness (QED) is 0.875. The first-order valence-corrected chi connectivity index (χ1v) is 7.45. The number of halogens is 1. The van der Waals surface area contributed by atoms with E-state index >= 15 is 0 Å². The molecule has 1 aromatic rings. The molecule has 0 unspecified atom stereocenters. The number of carbonyl (C=O) groups is 1. The molecule has 0 heterocycles. The molecule has 1 aromatic carbocycles. The van der Waals surface area contributed by atoms with Crippen molar-refractivity contribution in [2.75, 3.05) is 6.54 Å². The highest BCUT2D eigenvalue weighted by atomic mass is 19.1. The number of alkyl carbamates (subject to hydrolysis) is 1. The van der Waals surface area contributed by atoms with Crippen molar-refractivity contribution in [3.05, 3.63) is 35.1 Å². The maximum absolute atomic E-state index is 13.5. The summed E-state index contributed by atoms with van der Waals surface area (Å²) >= 11 is 0. The van der Waals surface area contributed by atoms with Gasteiger partial charge in [-0.1, -0.05) is 12.1 Å². The lowest BCUT2D eigenvalue weighted by Crippen LogP contribution is -2.51. The number of rotatable bonds is 5. The highest BCUT2D eigenvalue weighted by Gasteiger charge is 2.24. The van der Waals surface area contributed by atoms with Gasteiger partial charge in [0.25, 0.3) is 0 Å². The number of nitrogens with one attached hydrogen (secondary N) is 2. The highest BCUT2D eigenvalue weighted by molar-refractivity contribution is 5.68. The Morgan fingerprint density at radius 1 is 1.23 bits per heavy atom. The number of benzene rings is 1. The zero-order valence-corrected chi connectivity index (χ0v) is 14.3. The Kier molecular flexibility index (Phi) is 5.94. The molecule has 124 valence electrons. The summed E-state index contributed by atoms with van der Waals surface area (Å²) < 4.78 is 18.7. The normalized spacial score (nSPS) is 12.1. The molecule has 0 aliphatic heterocycles. The summed E-state index contributed by atoms with van der Waals surface area (Å²) in [5.74, 6) is -0.203. The van der Waals surface area contributed by atoms with Crippen molar-refractivity contribution in [3.63, 3.8) is 0 Å². The maximum Gasteiger partial charge on any atom is 0.408 e. The van der Waals surface area contributed by atoms with E-state index in [1.807, 2.05) is 40.7 Å². The average molecular weight is 310 g/mol. The lowest BCUT2D eigenvalue weighted by Gasteiger charge is -2.29. The molecule has 0 aliphatic carbocycles. The Morgan fingerprint density at radius 3 is 2.41 bits per heavy atom. The summed E-state index contributed by atoms with van der Waals surface area (Å²) in [7, 11) is 0. The van der Waals surface area contributed by atoms with E-state index in [9.17, 15) is 9.18 Å². The lowest BCUT2D eigenvalue weighted by molar-refractivity contribution is 0.0472. The van der Waals surface area contributed by atoms with Crippen LogP contribution in [0.3, 0.4) is 0 Å². The lowest BCUT2D eigenvalue weighted by atomic mass is 10.1. The standard InChI is InChI=1S/C17H27FN2O2/c1-12-7-8-13(9-14(12)18)10-19-11-17(5,6)20-15(21)22-16(2,3)4/h7-9,19H,10-11H2,1-6H3,(H,20,21). The summed E-state index contributed by atoms with van der Waals surface area (Å²) in [6.07, 6.45) is -0.444. The number of ether oxygens (including phenoxy) is 1. The number of hydrogen-bond donors (Lipinski definition) is 2. The molecular weight excluding hydrogens is 283 g/mol. The molecule has 0 aromatic heterocycles. The van der Waals surface area contributed by atoms with Gasteiger partial charge in [-0.3, -0.25) is 0 Å². The van der Waals surface area contributed by atoms with Gasteiger partial charge in [0, 0.05) is 13.1 Å². The smallest absolute Gasteiger partial charge is 0.408 e. The van der Waals surface area contributed by atoms with Crippen LogP contribution in [0.2, 0.25) is 0 Å². The van der Waals surface area contributed by atoms with Crippen LogP contribution < -0.4 is 10.6 Å². The van der Waals surface area contributed by atoms with Crippen molar-refractivity contribution in [2.45, 2.75) is 59.2 Å². The van der Waals surface area contributed by atoms with Gasteiger partial charge in [0.1, 0.15) is 11.4 Å². The Balaban J connectivity index is 2.45. The van der Waals surface area contributed by atoms with Crippen LogP contribution in [-0.2, 0) is 11.3 Å². The van der Waals surface area contributed by atoms with E-state index in [-0.39, 0.29) is 5.82 Å². The minimum Gasteiger partial charge on any atom is -0.444 e. The van der Waals surface area contributed by atoms with E-state index in [0.717, 1.165) is 5.56 Å². The van der Waals surface area contributed by atoms with Gasteiger partial charge in [-0.05, 0) is 58.7 Å². The van der Waals surface area contributed by atoms with Crippen LogP contribution in [0.1, 0.15) is 45.7 Å². The number of carbonyl (C=O) groups excluding carboxylic acids is 1. The summed E-state index contributed by atoms with van der Waals surface area (Å²) in [5.41, 5.74) is 0.519. The first-order chi connectivity index (χ1) is 9.98. The molecule has 0 bridgehead atoms. The zero-order valence-electron chi connectivity index (χ0n) is 14.3. The molecule has 5 heteroatoms. The summed E-state index contributed by atoms with van der Waals surface area (Å²) in [4.78, 5) is 11.8. The van der Waals surface area contributed by atoms with Gasteiger partial charge in [-0.15, -0.1) is 0 Å². The van der Waals surface area contributed by atoms with Gasteiger partial charge >= 0.3 is 6.09 Å². The van der Waals surface area contributed by atoms with Gasteiger partial charge in [-0.2, -0.15) is 0 Å². The van der Waals surface area contributed by atoms with Crippen molar-refractivity contribution in [1.82, 2.24) is 10.6 Å². The van der Waals surface area contributed by atoms with Crippen LogP contribution in [0.4, 0.5) is 9.18 Å². The second-order valence-electron chi connectivity index (χ2n) is 7.20. The fourth-order valence-corrected chi connectivity index (χ4v) is 1.89. The minimum absolute atomic E-state index is 0.203. The predicted octanol–water partition coefficient (Wildman–Crippen LogP) is 3.53. The molecule has 22 heavy (non-hydrogen) atoms. The third-order valence-electron chi connectivity index (χ3n) is 2.97. The molecule has 0 fully saturated rings. The van der Waals surface area contributed by atoms with E-state index in [1.54, 1.807) is 13.0 Å². The van der Waals surface area contributed by atoms with E-state index < -0.39 is 17.2 Å². The van der Waals surface area contributed by atoms with Crippen LogP contribution >= 0.6 is 0 Å². The first kappa shape index (κ1) is 18.4. The van der Waals surface area contributed by atoms with Crippen LogP contribution in [-0.4, -0.2) is 23.8 Å². The van der Waals surface area contributed by atoms with Crippen molar-refractivity contribution in [1.29, 1.82) is 0 Å². The summed E-state index contributed by atoms with van der Waals surface area (Å²) in [6, 6.07) is 5.17. The van der Waals surface area contributed by atoms with Gasteiger partial charge in [0.2, 0.25) is 0 Å². The maximum atomic E-state index is 13.5. The zero-order chi connectivity index (χ0) is 17.0. The van der Waals surface area contributed by atoms with Crippen molar-refractivity contribution in [2.24, 2.45) is 0 Å². The topological polar surface area (TPSA) is 50.4 Å². The Hall–Kier alpha value is -1.62. The SMILES string of the molecule is Cc1ccc(CNCC(C)(C)NC(=O)OC(C)(C)C)cc1F. The van der Waals surface area contributed by atoms with E-state index in [1.165, 1.54) is 6.07 Å². The van der Waals surface area contributed by atoms with Gasteiger partial charge in [0.05, 0.1) is 5.54 Å². The summed E-state index contributed by atoms with van der Waals surface area (Å²) in [6.45, 7) is 12.1. The van der Waals surface area contributed by atoms with Crippen molar-refractivity contribution >= 4 is 6.09 Å². The number of amides is 1. The molecule has 0 radical (unpaired) electrons. The fourth-order valence-electron chi connectivity index (χ4n) is 1.89. The van der Waals surface area contributed by atoms with Crippen LogP contribution in [0, 0.1) is 12.7 Å². The van der Waals surface area contributed by atoms with E-state index in [0.29, 0.717) is 18.7 Å². The third kappa shape index (κ3) is 6.89. The van der Waals surface area contributed by atoms with E-state index in [4.69, 9.17) is 4.74 Å². The van der Waals surface area contributed by atoms with E-state index in [2.05, 4.69) is 10.6 Å². The van der Waals surface area contributed by atoms with Crippen molar-refractivity contribution in [3.8, 4) is 0 Å². The third-order valence-corrected chi connectivity index (χ3v) is 2.97. The van der Waals surface area contributed by atoms with Gasteiger partial charge < -0.3 is 15.4 Å².